The SMILES string of the molecule is N#CCc1cc[nH]c(=O)c1-c1c(Cl)ccc(Cl)c1Cl. The summed E-state index contributed by atoms with van der Waals surface area (Å²) < 4.78 is 0. The fraction of sp³-hybridized carbons (Fsp3) is 0.0769. The minimum absolute atomic E-state index is 0.0818. The molecule has 0 fully saturated rings. The molecular weight excluding hydrogens is 307 g/mol. The Kier molecular flexibility index (Phi) is 4.16. The van der Waals surface area contributed by atoms with Gasteiger partial charge < -0.3 is 4.98 Å². The van der Waals surface area contributed by atoms with Crippen molar-refractivity contribution < 1.29 is 0 Å². The Labute approximate surface area is 124 Å². The van der Waals surface area contributed by atoms with Crippen LogP contribution < -0.4 is 5.56 Å². The Balaban J connectivity index is 2.84. The predicted octanol–water partition coefficient (Wildman–Crippen LogP) is 4.07. The zero-order chi connectivity index (χ0) is 14.0. The molecule has 1 heterocycles. The van der Waals surface area contributed by atoms with Crippen molar-refractivity contribution in [3.8, 4) is 17.2 Å². The molecule has 1 aromatic carbocycles. The lowest BCUT2D eigenvalue weighted by Crippen LogP contribution is -2.11. The number of nitrogens with zero attached hydrogens (tertiary/aromatic N) is 1. The molecule has 0 aliphatic heterocycles. The second-order valence-electron chi connectivity index (χ2n) is 3.76. The first-order chi connectivity index (χ1) is 9.06. The molecule has 0 amide bonds. The lowest BCUT2D eigenvalue weighted by Gasteiger charge is -2.10. The number of benzene rings is 1. The van der Waals surface area contributed by atoms with E-state index in [4.69, 9.17) is 40.1 Å². The number of nitrogens with one attached hydrogen (secondary N) is 1. The number of halogens is 3. The van der Waals surface area contributed by atoms with Crippen LogP contribution in [0.15, 0.2) is 29.2 Å². The Morgan fingerprint density at radius 1 is 1.11 bits per heavy atom. The van der Waals surface area contributed by atoms with E-state index < -0.39 is 0 Å². The molecule has 19 heavy (non-hydrogen) atoms. The van der Waals surface area contributed by atoms with Crippen LogP contribution >= 0.6 is 34.8 Å². The van der Waals surface area contributed by atoms with Crippen LogP contribution in [0, 0.1) is 11.3 Å². The van der Waals surface area contributed by atoms with Gasteiger partial charge in [-0.05, 0) is 23.8 Å². The van der Waals surface area contributed by atoms with Crippen LogP contribution in [-0.4, -0.2) is 4.98 Å². The summed E-state index contributed by atoms with van der Waals surface area (Å²) in [4.78, 5) is 14.6. The van der Waals surface area contributed by atoms with E-state index in [1.54, 1.807) is 18.2 Å². The molecule has 0 saturated heterocycles. The molecule has 0 aliphatic carbocycles. The molecule has 0 aliphatic rings. The van der Waals surface area contributed by atoms with Crippen LogP contribution in [-0.2, 0) is 6.42 Å². The molecule has 1 aromatic heterocycles. The number of rotatable bonds is 2. The number of aromatic nitrogens is 1. The van der Waals surface area contributed by atoms with Gasteiger partial charge in [-0.2, -0.15) is 5.26 Å². The Bertz CT molecular complexity index is 732. The third-order valence-corrected chi connectivity index (χ3v) is 3.73. The van der Waals surface area contributed by atoms with Crippen LogP contribution in [0.25, 0.3) is 11.1 Å². The second-order valence-corrected chi connectivity index (χ2v) is 4.95. The van der Waals surface area contributed by atoms with Crippen LogP contribution in [0.1, 0.15) is 5.56 Å². The number of nitriles is 1. The molecule has 96 valence electrons. The van der Waals surface area contributed by atoms with Crippen LogP contribution in [0.4, 0.5) is 0 Å². The highest BCUT2D eigenvalue weighted by molar-refractivity contribution is 6.46. The first-order valence-corrected chi connectivity index (χ1v) is 6.41. The monoisotopic (exact) mass is 312 g/mol. The number of hydrogen-bond donors (Lipinski definition) is 1. The molecule has 0 spiro atoms. The number of hydrogen-bond acceptors (Lipinski definition) is 2. The van der Waals surface area contributed by atoms with Gasteiger partial charge in [-0.3, -0.25) is 4.79 Å². The third-order valence-electron chi connectivity index (χ3n) is 2.61. The van der Waals surface area contributed by atoms with Crippen molar-refractivity contribution in [2.45, 2.75) is 6.42 Å². The van der Waals surface area contributed by atoms with Gasteiger partial charge in [0.25, 0.3) is 5.56 Å². The van der Waals surface area contributed by atoms with Crippen LogP contribution in [0.5, 0.6) is 0 Å². The fourth-order valence-corrected chi connectivity index (χ4v) is 2.50. The lowest BCUT2D eigenvalue weighted by atomic mass is 10.00. The lowest BCUT2D eigenvalue weighted by molar-refractivity contribution is 1.17. The fourth-order valence-electron chi connectivity index (χ4n) is 1.78. The smallest absolute Gasteiger partial charge is 0.256 e. The van der Waals surface area contributed by atoms with E-state index in [0.29, 0.717) is 21.2 Å². The largest absolute Gasteiger partial charge is 0.329 e. The molecule has 2 rings (SSSR count). The van der Waals surface area contributed by atoms with Gasteiger partial charge in [0.05, 0.1) is 33.1 Å². The number of pyridine rings is 1. The highest BCUT2D eigenvalue weighted by Crippen LogP contribution is 2.38. The van der Waals surface area contributed by atoms with Gasteiger partial charge in [0.15, 0.2) is 0 Å². The maximum atomic E-state index is 12.0. The summed E-state index contributed by atoms with van der Waals surface area (Å²) >= 11 is 18.2. The Morgan fingerprint density at radius 2 is 1.79 bits per heavy atom. The summed E-state index contributed by atoms with van der Waals surface area (Å²) in [6.45, 7) is 0. The Morgan fingerprint density at radius 3 is 2.47 bits per heavy atom. The maximum Gasteiger partial charge on any atom is 0.256 e. The highest BCUT2D eigenvalue weighted by atomic mass is 35.5. The molecule has 0 unspecified atom stereocenters. The summed E-state index contributed by atoms with van der Waals surface area (Å²) in [5, 5.41) is 9.63. The van der Waals surface area contributed by atoms with Crippen molar-refractivity contribution in [3.63, 3.8) is 0 Å². The standard InChI is InChI=1S/C13H7Cl3N2O/c14-8-1-2-9(15)12(16)11(8)10-7(3-5-17)4-6-18-13(10)19/h1-2,4,6H,3H2,(H,18,19). The van der Waals surface area contributed by atoms with Gasteiger partial charge in [-0.15, -0.1) is 0 Å². The molecule has 0 radical (unpaired) electrons. The zero-order valence-electron chi connectivity index (χ0n) is 9.51. The first kappa shape index (κ1) is 14.0. The average Bonchev–Trinajstić information content (AvgIpc) is 2.38. The van der Waals surface area contributed by atoms with Gasteiger partial charge in [-0.1, -0.05) is 34.8 Å². The molecule has 1 N–H and O–H groups in total. The second kappa shape index (κ2) is 5.66. The van der Waals surface area contributed by atoms with Crippen molar-refractivity contribution in [1.29, 1.82) is 5.26 Å². The predicted molar refractivity (Wildman–Crippen MR) is 76.8 cm³/mol. The van der Waals surface area contributed by atoms with E-state index in [-0.39, 0.29) is 22.6 Å². The maximum absolute atomic E-state index is 12.0. The summed E-state index contributed by atoms with van der Waals surface area (Å²) in [7, 11) is 0. The van der Waals surface area contributed by atoms with Gasteiger partial charge in [-0.25, -0.2) is 0 Å². The third kappa shape index (κ3) is 2.62. The zero-order valence-corrected chi connectivity index (χ0v) is 11.8. The van der Waals surface area contributed by atoms with E-state index in [2.05, 4.69) is 4.98 Å². The molecule has 0 saturated carbocycles. The topological polar surface area (TPSA) is 56.6 Å². The number of H-pyrrole nitrogens is 1. The summed E-state index contributed by atoms with van der Waals surface area (Å²) in [5.41, 5.74) is 0.820. The minimum Gasteiger partial charge on any atom is -0.329 e. The summed E-state index contributed by atoms with van der Waals surface area (Å²) in [6, 6.07) is 6.76. The van der Waals surface area contributed by atoms with E-state index in [9.17, 15) is 4.79 Å². The molecule has 2 aromatic rings. The average molecular weight is 314 g/mol. The van der Waals surface area contributed by atoms with Crippen LogP contribution in [0.3, 0.4) is 0 Å². The molecule has 6 heteroatoms. The minimum atomic E-state index is -0.362. The van der Waals surface area contributed by atoms with Crippen LogP contribution in [0.2, 0.25) is 15.1 Å². The van der Waals surface area contributed by atoms with E-state index in [0.717, 1.165) is 0 Å². The van der Waals surface area contributed by atoms with Crippen molar-refractivity contribution in [2.24, 2.45) is 0 Å². The number of aromatic amines is 1. The van der Waals surface area contributed by atoms with E-state index in [1.165, 1.54) is 6.20 Å². The quantitative estimate of drug-likeness (QED) is 0.850. The van der Waals surface area contributed by atoms with Gasteiger partial charge in [0, 0.05) is 11.8 Å². The van der Waals surface area contributed by atoms with E-state index in [1.807, 2.05) is 6.07 Å². The molecule has 3 nitrogen and oxygen atoms in total. The normalized spacial score (nSPS) is 10.2. The van der Waals surface area contributed by atoms with Crippen molar-refractivity contribution in [3.05, 3.63) is 55.4 Å². The van der Waals surface area contributed by atoms with Gasteiger partial charge in [0.2, 0.25) is 0 Å². The van der Waals surface area contributed by atoms with Gasteiger partial charge >= 0.3 is 0 Å². The molecule has 0 bridgehead atoms. The van der Waals surface area contributed by atoms with Crippen molar-refractivity contribution >= 4 is 34.8 Å². The Hall–Kier alpha value is -1.47. The first-order valence-electron chi connectivity index (χ1n) is 5.27. The van der Waals surface area contributed by atoms with Crippen molar-refractivity contribution in [2.75, 3.05) is 0 Å². The van der Waals surface area contributed by atoms with E-state index >= 15 is 0 Å². The molecule has 0 atom stereocenters. The van der Waals surface area contributed by atoms with Gasteiger partial charge in [0.1, 0.15) is 0 Å². The highest BCUT2D eigenvalue weighted by Gasteiger charge is 2.18. The summed E-state index contributed by atoms with van der Waals surface area (Å²) in [6.07, 6.45) is 1.56. The van der Waals surface area contributed by atoms with Crippen molar-refractivity contribution in [1.82, 2.24) is 4.98 Å². The molecular formula is C13H7Cl3N2O. The summed E-state index contributed by atoms with van der Waals surface area (Å²) in [5.74, 6) is 0.